The lowest BCUT2D eigenvalue weighted by Crippen LogP contribution is -2.10. The number of aromatic nitrogens is 3. The summed E-state index contributed by atoms with van der Waals surface area (Å²) in [5, 5.41) is 3.22. The molecule has 1 aromatic carbocycles. The Kier molecular flexibility index (Phi) is 5.35. The highest BCUT2D eigenvalue weighted by Crippen LogP contribution is 2.39. The predicted octanol–water partition coefficient (Wildman–Crippen LogP) is 3.75. The molecule has 1 aliphatic carbocycles. The molecular formula is C24H24FN5O3S. The Hall–Kier alpha value is -3.40. The molecule has 176 valence electrons. The number of sulfone groups is 1. The molecule has 5 rings (SSSR count). The molecular weight excluding hydrogens is 457 g/mol. The predicted molar refractivity (Wildman–Crippen MR) is 127 cm³/mol. The van der Waals surface area contributed by atoms with Crippen molar-refractivity contribution in [3.05, 3.63) is 48.2 Å². The highest BCUT2D eigenvalue weighted by Gasteiger charge is 2.43. The van der Waals surface area contributed by atoms with Gasteiger partial charge in [-0.15, -0.1) is 0 Å². The Bertz CT molecular complexity index is 1460. The number of rotatable bonds is 7. The summed E-state index contributed by atoms with van der Waals surface area (Å²) >= 11 is 0. The van der Waals surface area contributed by atoms with Gasteiger partial charge in [0.15, 0.2) is 9.84 Å². The summed E-state index contributed by atoms with van der Waals surface area (Å²) in [6.07, 6.45) is 4.28. The summed E-state index contributed by atoms with van der Waals surface area (Å²) in [6.45, 7) is 1.89. The van der Waals surface area contributed by atoms with E-state index in [4.69, 9.17) is 0 Å². The number of halogens is 1. The van der Waals surface area contributed by atoms with Crippen LogP contribution in [-0.2, 0) is 34.5 Å². The first kappa shape index (κ1) is 22.4. The van der Waals surface area contributed by atoms with Crippen molar-refractivity contribution >= 4 is 38.4 Å². The lowest BCUT2D eigenvalue weighted by Gasteiger charge is -2.16. The van der Waals surface area contributed by atoms with Crippen LogP contribution in [0.15, 0.2) is 46.7 Å². The Morgan fingerprint density at radius 2 is 2.03 bits per heavy atom. The number of imidazole rings is 1. The number of Topliss-reactive ketones (excluding diaryl/α,β-unsaturated/α-hetero) is 1. The number of nitrogens with zero attached hydrogens (tertiary/aromatic N) is 4. The summed E-state index contributed by atoms with van der Waals surface area (Å²) in [5.74, 6) is -0.709. The molecule has 34 heavy (non-hydrogen) atoms. The summed E-state index contributed by atoms with van der Waals surface area (Å²) in [7, 11) is -1.74. The molecule has 2 atom stereocenters. The smallest absolute Gasteiger partial charge is 0.177 e. The van der Waals surface area contributed by atoms with Gasteiger partial charge in [0.05, 0.1) is 51.8 Å². The summed E-state index contributed by atoms with van der Waals surface area (Å²) in [5.41, 5.74) is 5.19. The van der Waals surface area contributed by atoms with Gasteiger partial charge in [0.25, 0.3) is 0 Å². The second-order valence-corrected chi connectivity index (χ2v) is 11.0. The van der Waals surface area contributed by atoms with Crippen LogP contribution in [0.4, 0.5) is 21.5 Å². The Labute approximate surface area is 196 Å². The van der Waals surface area contributed by atoms with Gasteiger partial charge < -0.3 is 9.88 Å². The topological polar surface area (TPSA) is 106 Å². The van der Waals surface area contributed by atoms with Gasteiger partial charge in [0.1, 0.15) is 17.6 Å². The van der Waals surface area contributed by atoms with Crippen molar-refractivity contribution in [3.63, 3.8) is 0 Å². The fourth-order valence-electron chi connectivity index (χ4n) is 4.23. The maximum Gasteiger partial charge on any atom is 0.177 e. The summed E-state index contributed by atoms with van der Waals surface area (Å²) in [4.78, 5) is 25.8. The van der Waals surface area contributed by atoms with E-state index in [0.29, 0.717) is 34.9 Å². The molecule has 0 spiro atoms. The number of hydrogen-bond donors (Lipinski definition) is 1. The van der Waals surface area contributed by atoms with Gasteiger partial charge in [-0.1, -0.05) is 6.07 Å². The highest BCUT2D eigenvalue weighted by molar-refractivity contribution is 7.90. The molecule has 8 nitrogen and oxygen atoms in total. The van der Waals surface area contributed by atoms with Gasteiger partial charge in [-0.3, -0.25) is 14.8 Å². The number of benzene rings is 1. The number of pyridine rings is 1. The molecule has 1 N–H and O–H groups in total. The number of anilines is 2. The fraction of sp³-hybridized carbons (Fsp3) is 0.333. The lowest BCUT2D eigenvalue weighted by molar-refractivity contribution is -0.120. The van der Waals surface area contributed by atoms with Gasteiger partial charge in [-0.25, -0.2) is 17.8 Å². The average molecular weight is 482 g/mol. The molecule has 0 unspecified atom stereocenters. The van der Waals surface area contributed by atoms with E-state index in [1.807, 2.05) is 24.6 Å². The van der Waals surface area contributed by atoms with Crippen LogP contribution in [0.5, 0.6) is 0 Å². The van der Waals surface area contributed by atoms with E-state index < -0.39 is 21.9 Å². The first-order valence-corrected chi connectivity index (χ1v) is 12.8. The van der Waals surface area contributed by atoms with Crippen molar-refractivity contribution in [3.8, 4) is 11.3 Å². The number of fused-ring (bicyclic) bond motifs is 1. The number of ketones is 1. The average Bonchev–Trinajstić information content (AvgIpc) is 3.14. The van der Waals surface area contributed by atoms with E-state index in [-0.39, 0.29) is 23.5 Å². The number of aliphatic imine (C=N–C) groups is 1. The highest BCUT2D eigenvalue weighted by atomic mass is 32.2. The number of carbonyl (C=O) groups is 1. The zero-order valence-corrected chi connectivity index (χ0v) is 19.9. The third kappa shape index (κ3) is 4.25. The van der Waals surface area contributed by atoms with Crippen molar-refractivity contribution in [2.45, 2.75) is 37.3 Å². The molecule has 1 saturated carbocycles. The monoisotopic (exact) mass is 481 g/mol. The van der Waals surface area contributed by atoms with E-state index in [2.05, 4.69) is 20.3 Å². The maximum atomic E-state index is 13.3. The second kappa shape index (κ2) is 8.12. The number of nitrogens with one attached hydrogen (secondary N) is 1. The van der Waals surface area contributed by atoms with E-state index >= 15 is 0 Å². The molecule has 3 aromatic rings. The Morgan fingerprint density at radius 3 is 2.68 bits per heavy atom. The quantitative estimate of drug-likeness (QED) is 0.551. The minimum absolute atomic E-state index is 0.0322. The van der Waals surface area contributed by atoms with Crippen molar-refractivity contribution in [1.29, 1.82) is 0 Å². The molecule has 0 bridgehead atoms. The van der Waals surface area contributed by atoms with Gasteiger partial charge in [0.2, 0.25) is 0 Å². The van der Waals surface area contributed by atoms with Crippen molar-refractivity contribution in [1.82, 2.24) is 14.5 Å². The molecule has 10 heteroatoms. The summed E-state index contributed by atoms with van der Waals surface area (Å²) in [6, 6.07) is 6.85. The van der Waals surface area contributed by atoms with Crippen molar-refractivity contribution < 1.29 is 17.6 Å². The van der Waals surface area contributed by atoms with Gasteiger partial charge in [0, 0.05) is 37.4 Å². The molecule has 0 amide bonds. The third-order valence-electron chi connectivity index (χ3n) is 6.09. The fourth-order valence-corrected chi connectivity index (χ4v) is 5.09. The number of alkyl halides is 1. The standard InChI is InChI=1S/C24H24FN5O3S/c1-13-6-19-24(27-13)20(8-15(28-19)9-22(31)16-10-17(16)25)29-18-5-4-14(7-23(18)34(3,32)33)21-11-26-12-30(21)2/h4-5,7-8,11-12,16-17H,6,9-10H2,1-3H3,(H,28,29)/t16-,17+/m0/s1. The number of carbonyl (C=O) groups excluding carboxylic acids is 1. The van der Waals surface area contributed by atoms with Gasteiger partial charge in [-0.2, -0.15) is 0 Å². The van der Waals surface area contributed by atoms with Crippen LogP contribution in [0.25, 0.3) is 11.3 Å². The maximum absolute atomic E-state index is 13.3. The summed E-state index contributed by atoms with van der Waals surface area (Å²) < 4.78 is 40.5. The van der Waals surface area contributed by atoms with Crippen LogP contribution < -0.4 is 5.32 Å². The molecule has 2 aromatic heterocycles. The van der Waals surface area contributed by atoms with Gasteiger partial charge in [-0.05, 0) is 31.5 Å². The normalized spacial score (nSPS) is 19.0. The van der Waals surface area contributed by atoms with Crippen molar-refractivity contribution in [2.75, 3.05) is 11.6 Å². The van der Waals surface area contributed by atoms with Crippen LogP contribution in [0.2, 0.25) is 0 Å². The number of hydrogen-bond acceptors (Lipinski definition) is 7. The molecule has 2 aliphatic rings. The van der Waals surface area contributed by atoms with E-state index in [9.17, 15) is 17.6 Å². The van der Waals surface area contributed by atoms with E-state index in [0.717, 1.165) is 23.2 Å². The zero-order valence-electron chi connectivity index (χ0n) is 19.0. The molecule has 1 aliphatic heterocycles. The second-order valence-electron chi connectivity index (χ2n) is 8.98. The first-order chi connectivity index (χ1) is 16.1. The first-order valence-electron chi connectivity index (χ1n) is 10.9. The van der Waals surface area contributed by atoms with Crippen LogP contribution in [0.3, 0.4) is 0 Å². The Balaban J connectivity index is 1.54. The molecule has 1 fully saturated rings. The zero-order chi connectivity index (χ0) is 24.2. The minimum atomic E-state index is -3.58. The molecule has 0 radical (unpaired) electrons. The van der Waals surface area contributed by atoms with Crippen LogP contribution in [0, 0.1) is 5.92 Å². The minimum Gasteiger partial charge on any atom is -0.353 e. The largest absolute Gasteiger partial charge is 0.353 e. The lowest BCUT2D eigenvalue weighted by atomic mass is 10.1. The van der Waals surface area contributed by atoms with Gasteiger partial charge >= 0.3 is 0 Å². The van der Waals surface area contributed by atoms with E-state index in [1.54, 1.807) is 30.7 Å². The Morgan fingerprint density at radius 1 is 1.26 bits per heavy atom. The molecule has 3 heterocycles. The SMILES string of the molecule is CC1=Nc2c(Nc3ccc(-c4cncn4C)cc3S(C)(=O)=O)cc(CC(=O)[C@H]3C[C@H]3F)nc2C1. The molecule has 0 saturated heterocycles. The number of aryl methyl sites for hydroxylation is 1. The van der Waals surface area contributed by atoms with Crippen LogP contribution in [0.1, 0.15) is 24.7 Å². The van der Waals surface area contributed by atoms with E-state index in [1.165, 1.54) is 0 Å². The third-order valence-corrected chi connectivity index (χ3v) is 7.22. The van der Waals surface area contributed by atoms with Crippen LogP contribution >= 0.6 is 0 Å². The van der Waals surface area contributed by atoms with Crippen LogP contribution in [-0.4, -0.2) is 46.9 Å². The van der Waals surface area contributed by atoms with Crippen molar-refractivity contribution in [2.24, 2.45) is 18.0 Å².